The fourth-order valence-electron chi connectivity index (χ4n) is 3.32. The van der Waals surface area contributed by atoms with Gasteiger partial charge in [0.05, 0.1) is 26.7 Å². The number of imide groups is 1. The van der Waals surface area contributed by atoms with Gasteiger partial charge < -0.3 is 5.32 Å². The number of amides is 2. The van der Waals surface area contributed by atoms with Crippen LogP contribution in [0.5, 0.6) is 0 Å². The van der Waals surface area contributed by atoms with Gasteiger partial charge in [-0.15, -0.1) is 16.3 Å². The number of rotatable bonds is 4. The summed E-state index contributed by atoms with van der Waals surface area (Å²) in [5, 5.41) is 5.57. The molecular formula is C21H11ClF3N5O4S2. The molecule has 1 aliphatic heterocycles. The number of alkyl halides is 3. The van der Waals surface area contributed by atoms with Gasteiger partial charge in [-0.05, 0) is 42.5 Å². The topological polar surface area (TPSA) is 112 Å². The molecule has 0 fully saturated rings. The number of carbonyl (C=O) groups is 2. The van der Waals surface area contributed by atoms with Gasteiger partial charge in [0.1, 0.15) is 9.31 Å². The van der Waals surface area contributed by atoms with E-state index < -0.39 is 45.2 Å². The highest BCUT2D eigenvalue weighted by Crippen LogP contribution is 2.41. The van der Waals surface area contributed by atoms with E-state index in [9.17, 15) is 31.2 Å². The average Bonchev–Trinajstić information content (AvgIpc) is 3.36. The summed E-state index contributed by atoms with van der Waals surface area (Å²) in [6.45, 7) is 6.89. The van der Waals surface area contributed by atoms with Crippen LogP contribution in [0.1, 0.15) is 26.3 Å². The standard InChI is InChI=1S/C21H11ClF3N5O4S2/c1-26-28-20(29-36(33,34)17-9-8-16(22)35-17)27-11-6-7-15(14(10-11)21(23,24)25)30-18(31)12-4-2-3-5-13(12)19(30)32/h2-10H,(H2,27,28,29). The van der Waals surface area contributed by atoms with Crippen molar-refractivity contribution in [3.8, 4) is 0 Å². The van der Waals surface area contributed by atoms with Crippen LogP contribution in [-0.2, 0) is 16.2 Å². The van der Waals surface area contributed by atoms with Crippen molar-refractivity contribution in [3.63, 3.8) is 0 Å². The molecule has 0 radical (unpaired) electrons. The zero-order valence-corrected chi connectivity index (χ0v) is 19.9. The fraction of sp³-hybridized carbons (Fsp3) is 0.0476. The van der Waals surface area contributed by atoms with Gasteiger partial charge in [0.15, 0.2) is 0 Å². The summed E-state index contributed by atoms with van der Waals surface area (Å²) in [4.78, 5) is 28.6. The van der Waals surface area contributed by atoms with E-state index >= 15 is 0 Å². The van der Waals surface area contributed by atoms with Crippen molar-refractivity contribution in [3.05, 3.63) is 87.2 Å². The molecule has 0 bridgehead atoms. The molecule has 0 spiro atoms. The van der Waals surface area contributed by atoms with Crippen LogP contribution in [-0.4, -0.2) is 26.2 Å². The molecule has 184 valence electrons. The first kappa shape index (κ1) is 25.2. The number of anilines is 2. The van der Waals surface area contributed by atoms with Gasteiger partial charge >= 0.3 is 6.18 Å². The second kappa shape index (κ2) is 9.26. The smallest absolute Gasteiger partial charge is 0.320 e. The third-order valence-electron chi connectivity index (χ3n) is 4.79. The summed E-state index contributed by atoms with van der Waals surface area (Å²) in [6.07, 6.45) is -5.01. The number of hydrogen-bond donors (Lipinski definition) is 2. The van der Waals surface area contributed by atoms with Crippen molar-refractivity contribution in [2.75, 3.05) is 10.2 Å². The fourth-order valence-corrected chi connectivity index (χ4v) is 5.76. The Morgan fingerprint density at radius 2 is 1.69 bits per heavy atom. The first-order valence-electron chi connectivity index (χ1n) is 9.61. The highest BCUT2D eigenvalue weighted by Gasteiger charge is 2.42. The maximum atomic E-state index is 14.0. The van der Waals surface area contributed by atoms with Gasteiger partial charge in [0.25, 0.3) is 27.8 Å². The van der Waals surface area contributed by atoms with E-state index in [0.717, 1.165) is 12.1 Å². The minimum absolute atomic E-state index is 0.0348. The highest BCUT2D eigenvalue weighted by atomic mass is 35.5. The van der Waals surface area contributed by atoms with Crippen LogP contribution >= 0.6 is 22.9 Å². The number of sulfonamides is 1. The van der Waals surface area contributed by atoms with Crippen molar-refractivity contribution in [2.45, 2.75) is 10.4 Å². The summed E-state index contributed by atoms with van der Waals surface area (Å²) in [5.41, 5.74) is -2.45. The Labute approximate surface area is 210 Å². The minimum atomic E-state index is -5.01. The summed E-state index contributed by atoms with van der Waals surface area (Å²) in [5.74, 6) is -2.52. The summed E-state index contributed by atoms with van der Waals surface area (Å²) < 4.78 is 68.9. The summed E-state index contributed by atoms with van der Waals surface area (Å²) in [6, 6.07) is 10.7. The number of benzene rings is 2. The van der Waals surface area contributed by atoms with Crippen LogP contribution in [0.25, 0.3) is 4.95 Å². The second-order valence-electron chi connectivity index (χ2n) is 7.06. The lowest BCUT2D eigenvalue weighted by Gasteiger charge is -2.21. The van der Waals surface area contributed by atoms with E-state index in [1.165, 1.54) is 36.4 Å². The van der Waals surface area contributed by atoms with Crippen molar-refractivity contribution < 1.29 is 31.2 Å². The Kier molecular flexibility index (Phi) is 6.48. The lowest BCUT2D eigenvalue weighted by molar-refractivity contribution is -0.137. The molecule has 1 aliphatic rings. The number of guanidine groups is 1. The SMILES string of the molecule is [C-]#[N+]/N=C(\Nc1ccc(N2C(=O)c3ccccc3C2=O)c(C(F)(F)F)c1)NS(=O)(=O)c1ccc(Cl)s1. The largest absolute Gasteiger partial charge is 0.418 e. The first-order valence-corrected chi connectivity index (χ1v) is 12.3. The predicted octanol–water partition coefficient (Wildman–Crippen LogP) is 4.80. The average molecular weight is 554 g/mol. The maximum Gasteiger partial charge on any atom is 0.418 e. The zero-order valence-electron chi connectivity index (χ0n) is 17.5. The number of halogens is 4. The summed E-state index contributed by atoms with van der Waals surface area (Å²) >= 11 is 6.46. The number of nitrogens with zero attached hydrogens (tertiary/aromatic N) is 3. The van der Waals surface area contributed by atoms with Crippen molar-refractivity contribution in [1.82, 2.24) is 4.72 Å². The van der Waals surface area contributed by atoms with E-state index in [4.69, 9.17) is 18.2 Å². The number of carbonyl (C=O) groups excluding carboxylic acids is 2. The van der Waals surface area contributed by atoms with Crippen LogP contribution in [0.15, 0.2) is 63.9 Å². The van der Waals surface area contributed by atoms with Gasteiger partial charge in [0, 0.05) is 5.69 Å². The molecule has 2 amide bonds. The van der Waals surface area contributed by atoms with E-state index in [1.807, 2.05) is 4.72 Å². The van der Waals surface area contributed by atoms with E-state index in [-0.39, 0.29) is 25.4 Å². The van der Waals surface area contributed by atoms with E-state index in [1.54, 1.807) is 0 Å². The second-order valence-corrected chi connectivity index (χ2v) is 10.7. The molecule has 4 rings (SSSR count). The van der Waals surface area contributed by atoms with Crippen LogP contribution in [0.3, 0.4) is 0 Å². The zero-order chi connectivity index (χ0) is 26.3. The quantitative estimate of drug-likeness (QED) is 0.158. The third-order valence-corrected chi connectivity index (χ3v) is 7.86. The monoisotopic (exact) mass is 553 g/mol. The molecule has 0 unspecified atom stereocenters. The number of hydrogen-bond acceptors (Lipinski definition) is 6. The number of thiophene rings is 1. The van der Waals surface area contributed by atoms with E-state index in [2.05, 4.69) is 15.4 Å². The van der Waals surface area contributed by atoms with Gasteiger partial charge in [-0.3, -0.25) is 9.59 Å². The molecule has 0 saturated heterocycles. The number of fused-ring (bicyclic) bond motifs is 1. The Hall–Kier alpha value is -3.93. The van der Waals surface area contributed by atoms with Crippen LogP contribution in [0.2, 0.25) is 4.34 Å². The summed E-state index contributed by atoms with van der Waals surface area (Å²) in [7, 11) is -4.26. The van der Waals surface area contributed by atoms with Crippen LogP contribution in [0, 0.1) is 6.57 Å². The lowest BCUT2D eigenvalue weighted by atomic mass is 10.1. The molecule has 0 saturated carbocycles. The Balaban J connectivity index is 1.69. The molecule has 3 aromatic rings. The minimum Gasteiger partial charge on any atom is -0.320 e. The number of nitrogens with one attached hydrogen (secondary N) is 2. The van der Waals surface area contributed by atoms with Crippen molar-refractivity contribution >= 4 is 62.1 Å². The molecule has 1 aromatic heterocycles. The highest BCUT2D eigenvalue weighted by molar-refractivity contribution is 7.92. The molecule has 2 aromatic carbocycles. The Morgan fingerprint density at radius 1 is 1.06 bits per heavy atom. The van der Waals surface area contributed by atoms with Gasteiger partial charge in [-0.1, -0.05) is 23.7 Å². The van der Waals surface area contributed by atoms with Gasteiger partial charge in [-0.2, -0.15) is 19.7 Å². The molecule has 2 heterocycles. The van der Waals surface area contributed by atoms with Crippen LogP contribution < -0.4 is 14.9 Å². The van der Waals surface area contributed by atoms with E-state index in [0.29, 0.717) is 22.3 Å². The maximum absolute atomic E-state index is 14.0. The van der Waals surface area contributed by atoms with Crippen LogP contribution in [0.4, 0.5) is 24.5 Å². The third kappa shape index (κ3) is 4.76. The molecule has 9 nitrogen and oxygen atoms in total. The molecule has 0 atom stereocenters. The lowest BCUT2D eigenvalue weighted by Crippen LogP contribution is -2.35. The molecule has 0 aliphatic carbocycles. The first-order chi connectivity index (χ1) is 16.9. The van der Waals surface area contributed by atoms with Crippen molar-refractivity contribution in [1.29, 1.82) is 0 Å². The Morgan fingerprint density at radius 3 is 2.22 bits per heavy atom. The van der Waals surface area contributed by atoms with Crippen molar-refractivity contribution in [2.24, 2.45) is 5.10 Å². The Bertz CT molecular complexity index is 1540. The normalized spacial score (nSPS) is 14.0. The molecule has 36 heavy (non-hydrogen) atoms. The predicted molar refractivity (Wildman–Crippen MR) is 126 cm³/mol. The molecule has 2 N–H and O–H groups in total. The van der Waals surface area contributed by atoms with Gasteiger partial charge in [0.2, 0.25) is 0 Å². The van der Waals surface area contributed by atoms with Gasteiger partial charge in [-0.25, -0.2) is 18.0 Å². The molecule has 15 heteroatoms. The molecular weight excluding hydrogens is 543 g/mol.